The van der Waals surface area contributed by atoms with Crippen LogP contribution in [0.25, 0.3) is 11.3 Å². The zero-order valence-electron chi connectivity index (χ0n) is 7.88. The van der Waals surface area contributed by atoms with Gasteiger partial charge in [-0.25, -0.2) is 0 Å². The van der Waals surface area contributed by atoms with Gasteiger partial charge >= 0.3 is 0 Å². The van der Waals surface area contributed by atoms with Crippen LogP contribution in [0.2, 0.25) is 0 Å². The zero-order valence-corrected chi connectivity index (χ0v) is 10.2. The van der Waals surface area contributed by atoms with E-state index in [0.717, 1.165) is 5.69 Å². The molecule has 2 rings (SSSR count). The first kappa shape index (κ1) is 11.1. The van der Waals surface area contributed by atoms with Gasteiger partial charge in [-0.15, -0.1) is 0 Å². The van der Waals surface area contributed by atoms with E-state index >= 15 is 0 Å². The van der Waals surface area contributed by atoms with E-state index in [0.29, 0.717) is 0 Å². The smallest absolute Gasteiger partial charge is 0.0704 e. The van der Waals surface area contributed by atoms with Gasteiger partial charge in [0.1, 0.15) is 0 Å². The summed E-state index contributed by atoms with van der Waals surface area (Å²) in [4.78, 5) is 4.31. The molecule has 1 heterocycles. The third kappa shape index (κ3) is 2.30. The fourth-order valence-corrected chi connectivity index (χ4v) is 1.38. The molecule has 0 N–H and O–H groups in total. The summed E-state index contributed by atoms with van der Waals surface area (Å²) in [5.41, 5.74) is 3.52. The molecule has 0 bridgehead atoms. The Hall–Kier alpha value is -0.942. The fourth-order valence-electron chi connectivity index (χ4n) is 1.38. The zero-order chi connectivity index (χ0) is 9.10. The Kier molecular flexibility index (Phi) is 4.03. The molecular formula is C12H11NPt. The molecule has 0 fully saturated rings. The van der Waals surface area contributed by atoms with Crippen molar-refractivity contribution in [3.05, 3.63) is 54.2 Å². The van der Waals surface area contributed by atoms with E-state index in [1.54, 1.807) is 0 Å². The first-order chi connectivity index (χ1) is 6.38. The van der Waals surface area contributed by atoms with Crippen LogP contribution in [0.3, 0.4) is 0 Å². The second-order valence-electron chi connectivity index (χ2n) is 3.03. The van der Waals surface area contributed by atoms with E-state index in [2.05, 4.69) is 24.0 Å². The van der Waals surface area contributed by atoms with Crippen molar-refractivity contribution in [2.24, 2.45) is 0 Å². The normalized spacial score (nSPS) is 9.21. The average Bonchev–Trinajstić information content (AvgIpc) is 2.20. The molecule has 0 aliphatic rings. The minimum absolute atomic E-state index is 0. The average molecular weight is 364 g/mol. The number of pyridine rings is 1. The minimum atomic E-state index is 0. The quantitative estimate of drug-likeness (QED) is 0.758. The van der Waals surface area contributed by atoms with E-state index in [9.17, 15) is 0 Å². The van der Waals surface area contributed by atoms with Gasteiger partial charge in [0.05, 0.1) is 5.69 Å². The summed E-state index contributed by atoms with van der Waals surface area (Å²) in [6.07, 6.45) is 1.82. The van der Waals surface area contributed by atoms with E-state index in [-0.39, 0.29) is 21.1 Å². The molecule has 2 aromatic rings. The summed E-state index contributed by atoms with van der Waals surface area (Å²) in [6.45, 7) is 2.10. The summed E-state index contributed by atoms with van der Waals surface area (Å²) in [6, 6.07) is 14.2. The number of aryl methyl sites for hydroxylation is 1. The van der Waals surface area contributed by atoms with Crippen LogP contribution >= 0.6 is 0 Å². The molecule has 0 unspecified atom stereocenters. The Bertz CT molecular complexity index is 398. The Labute approximate surface area is 98.5 Å². The van der Waals surface area contributed by atoms with Gasteiger partial charge in [-0.05, 0) is 24.6 Å². The topological polar surface area (TPSA) is 12.9 Å². The Morgan fingerprint density at radius 3 is 2.29 bits per heavy atom. The van der Waals surface area contributed by atoms with Crippen molar-refractivity contribution in [3.63, 3.8) is 0 Å². The molecule has 1 aromatic heterocycles. The molecule has 14 heavy (non-hydrogen) atoms. The van der Waals surface area contributed by atoms with Crippen molar-refractivity contribution < 1.29 is 21.1 Å². The number of benzene rings is 1. The molecule has 0 aliphatic carbocycles. The van der Waals surface area contributed by atoms with Gasteiger partial charge in [0.2, 0.25) is 0 Å². The van der Waals surface area contributed by atoms with Crippen molar-refractivity contribution in [2.75, 3.05) is 0 Å². The standard InChI is InChI=1S/C12H11N.Pt/c1-10-6-2-3-7-11(10)12-8-4-5-9-13-12;/h2-9H,1H3;. The monoisotopic (exact) mass is 364 g/mol. The third-order valence-electron chi connectivity index (χ3n) is 2.09. The molecule has 74 valence electrons. The molecule has 1 aromatic carbocycles. The molecule has 0 saturated heterocycles. The predicted octanol–water partition coefficient (Wildman–Crippen LogP) is 3.05. The molecule has 0 radical (unpaired) electrons. The van der Waals surface area contributed by atoms with Crippen molar-refractivity contribution >= 4 is 0 Å². The molecular weight excluding hydrogens is 353 g/mol. The van der Waals surface area contributed by atoms with Crippen LogP contribution in [0.4, 0.5) is 0 Å². The van der Waals surface area contributed by atoms with Gasteiger partial charge in [0.15, 0.2) is 0 Å². The second kappa shape index (κ2) is 5.07. The molecule has 0 saturated carbocycles. The number of aromatic nitrogens is 1. The van der Waals surface area contributed by atoms with Crippen molar-refractivity contribution in [3.8, 4) is 11.3 Å². The van der Waals surface area contributed by atoms with Gasteiger partial charge in [-0.2, -0.15) is 0 Å². The molecule has 0 aliphatic heterocycles. The Balaban J connectivity index is 0.000000980. The second-order valence-corrected chi connectivity index (χ2v) is 3.03. The predicted molar refractivity (Wildman–Crippen MR) is 54.4 cm³/mol. The van der Waals surface area contributed by atoms with Crippen LogP contribution in [-0.4, -0.2) is 4.98 Å². The SMILES string of the molecule is Cc1ccccc1-c1ccccn1.[Pt]. The number of hydrogen-bond acceptors (Lipinski definition) is 1. The van der Waals surface area contributed by atoms with Gasteiger partial charge in [-0.1, -0.05) is 30.3 Å². The van der Waals surface area contributed by atoms with Crippen LogP contribution in [0, 0.1) is 6.92 Å². The van der Waals surface area contributed by atoms with E-state index in [4.69, 9.17) is 0 Å². The Morgan fingerprint density at radius 1 is 0.929 bits per heavy atom. The van der Waals surface area contributed by atoms with Gasteiger partial charge in [0, 0.05) is 32.8 Å². The largest absolute Gasteiger partial charge is 0.256 e. The maximum atomic E-state index is 4.31. The van der Waals surface area contributed by atoms with E-state index in [1.165, 1.54) is 11.1 Å². The van der Waals surface area contributed by atoms with Gasteiger partial charge in [0.25, 0.3) is 0 Å². The van der Waals surface area contributed by atoms with Gasteiger partial charge in [-0.3, -0.25) is 4.98 Å². The minimum Gasteiger partial charge on any atom is -0.256 e. The summed E-state index contributed by atoms with van der Waals surface area (Å²) in [5.74, 6) is 0. The summed E-state index contributed by atoms with van der Waals surface area (Å²) >= 11 is 0. The first-order valence-electron chi connectivity index (χ1n) is 4.35. The number of nitrogens with zero attached hydrogens (tertiary/aromatic N) is 1. The third-order valence-corrected chi connectivity index (χ3v) is 2.09. The van der Waals surface area contributed by atoms with Crippen LogP contribution in [0.15, 0.2) is 48.7 Å². The first-order valence-corrected chi connectivity index (χ1v) is 4.35. The van der Waals surface area contributed by atoms with E-state index < -0.39 is 0 Å². The van der Waals surface area contributed by atoms with Crippen LogP contribution in [-0.2, 0) is 21.1 Å². The Morgan fingerprint density at radius 2 is 1.64 bits per heavy atom. The molecule has 2 heteroatoms. The number of rotatable bonds is 1. The van der Waals surface area contributed by atoms with Gasteiger partial charge < -0.3 is 0 Å². The molecule has 0 atom stereocenters. The van der Waals surface area contributed by atoms with Crippen LogP contribution in [0.1, 0.15) is 5.56 Å². The summed E-state index contributed by atoms with van der Waals surface area (Å²) in [7, 11) is 0. The van der Waals surface area contributed by atoms with E-state index in [1.807, 2.05) is 36.5 Å². The summed E-state index contributed by atoms with van der Waals surface area (Å²) in [5, 5.41) is 0. The van der Waals surface area contributed by atoms with Crippen molar-refractivity contribution in [1.82, 2.24) is 4.98 Å². The van der Waals surface area contributed by atoms with Crippen molar-refractivity contribution in [2.45, 2.75) is 6.92 Å². The molecule has 0 amide bonds. The maximum absolute atomic E-state index is 4.31. The molecule has 1 nitrogen and oxygen atoms in total. The fraction of sp³-hybridized carbons (Fsp3) is 0.0833. The van der Waals surface area contributed by atoms with Crippen LogP contribution in [0.5, 0.6) is 0 Å². The van der Waals surface area contributed by atoms with Crippen molar-refractivity contribution in [1.29, 1.82) is 0 Å². The van der Waals surface area contributed by atoms with Crippen LogP contribution < -0.4 is 0 Å². The maximum Gasteiger partial charge on any atom is 0.0704 e. The number of hydrogen-bond donors (Lipinski definition) is 0. The summed E-state index contributed by atoms with van der Waals surface area (Å²) < 4.78 is 0. The molecule has 0 spiro atoms.